The molecule has 0 saturated heterocycles. The summed E-state index contributed by atoms with van der Waals surface area (Å²) in [5, 5.41) is 0.954. The Balaban J connectivity index is 2.20. The van der Waals surface area contributed by atoms with E-state index in [1.54, 1.807) is 6.33 Å². The van der Waals surface area contributed by atoms with Gasteiger partial charge in [-0.3, -0.25) is 9.36 Å². The molecule has 90 valence electrons. The van der Waals surface area contributed by atoms with Gasteiger partial charge in [0, 0.05) is 0 Å². The first-order valence-corrected chi connectivity index (χ1v) is 6.31. The second kappa shape index (κ2) is 3.96. The summed E-state index contributed by atoms with van der Waals surface area (Å²) in [7, 11) is 0. The van der Waals surface area contributed by atoms with Gasteiger partial charge in [0.05, 0.1) is 15.9 Å². The van der Waals surface area contributed by atoms with E-state index in [0.717, 1.165) is 21.6 Å². The third-order valence-corrected chi connectivity index (χ3v) is 4.07. The number of thiophene rings is 1. The first-order chi connectivity index (χ1) is 8.66. The fraction of sp³-hybridized carbons (Fsp3) is 0.0769. The Bertz CT molecular complexity index is 742. The second-order valence-electron chi connectivity index (χ2n) is 4.06. The van der Waals surface area contributed by atoms with Gasteiger partial charge in [-0.2, -0.15) is 0 Å². The van der Waals surface area contributed by atoms with Crippen molar-refractivity contribution >= 4 is 28.3 Å². The van der Waals surface area contributed by atoms with E-state index < -0.39 is 0 Å². The average molecular weight is 257 g/mol. The zero-order valence-corrected chi connectivity index (χ0v) is 10.6. The van der Waals surface area contributed by atoms with Crippen LogP contribution in [0.2, 0.25) is 0 Å². The van der Waals surface area contributed by atoms with Crippen molar-refractivity contribution in [2.75, 3.05) is 0 Å². The first kappa shape index (κ1) is 11.0. The van der Waals surface area contributed by atoms with Crippen LogP contribution in [0, 0.1) is 6.92 Å². The van der Waals surface area contributed by atoms with Gasteiger partial charge < -0.3 is 5.73 Å². The summed E-state index contributed by atoms with van der Waals surface area (Å²) >= 11 is 1.39. The Kier molecular flexibility index (Phi) is 2.41. The van der Waals surface area contributed by atoms with Crippen LogP contribution in [0.25, 0.3) is 16.0 Å². The summed E-state index contributed by atoms with van der Waals surface area (Å²) in [6.07, 6.45) is 1.76. The number of aromatic nitrogens is 2. The third-order valence-electron chi connectivity index (χ3n) is 2.82. The van der Waals surface area contributed by atoms with Gasteiger partial charge in [-0.1, -0.05) is 12.1 Å². The van der Waals surface area contributed by atoms with Gasteiger partial charge in [0.1, 0.15) is 11.3 Å². The fourth-order valence-corrected chi connectivity index (χ4v) is 2.97. The molecular formula is C13H11N3OS. The summed E-state index contributed by atoms with van der Waals surface area (Å²) in [6, 6.07) is 9.84. The van der Waals surface area contributed by atoms with Crippen LogP contribution >= 0.6 is 11.3 Å². The van der Waals surface area contributed by atoms with Crippen LogP contribution in [-0.4, -0.2) is 15.5 Å². The molecule has 2 aromatic heterocycles. The molecule has 3 rings (SSSR count). The van der Waals surface area contributed by atoms with Gasteiger partial charge in [-0.25, -0.2) is 4.98 Å². The highest BCUT2D eigenvalue weighted by molar-refractivity contribution is 7.16. The van der Waals surface area contributed by atoms with Crippen molar-refractivity contribution in [3.63, 3.8) is 0 Å². The number of primary amides is 1. The number of rotatable bonds is 2. The standard InChI is InChI=1S/C13H11N3OS/c1-8-6-11(18-12(8)13(14)17)16-7-15-9-4-2-3-5-10(9)16/h2-7H,1H3,(H2,14,17). The maximum atomic E-state index is 11.3. The smallest absolute Gasteiger partial charge is 0.259 e. The summed E-state index contributed by atoms with van der Waals surface area (Å²) in [4.78, 5) is 16.2. The molecule has 2 N–H and O–H groups in total. The van der Waals surface area contributed by atoms with E-state index in [1.165, 1.54) is 11.3 Å². The van der Waals surface area contributed by atoms with Crippen molar-refractivity contribution in [3.8, 4) is 5.00 Å². The number of carbonyl (C=O) groups is 1. The SMILES string of the molecule is Cc1cc(-n2cnc3ccccc32)sc1C(N)=O. The molecule has 0 spiro atoms. The lowest BCUT2D eigenvalue weighted by atomic mass is 10.3. The first-order valence-electron chi connectivity index (χ1n) is 5.49. The topological polar surface area (TPSA) is 60.9 Å². The molecule has 3 aromatic rings. The molecule has 0 bridgehead atoms. The normalized spacial score (nSPS) is 10.9. The van der Waals surface area contributed by atoms with E-state index >= 15 is 0 Å². The molecular weight excluding hydrogens is 246 g/mol. The quantitative estimate of drug-likeness (QED) is 0.766. The highest BCUT2D eigenvalue weighted by atomic mass is 32.1. The largest absolute Gasteiger partial charge is 0.365 e. The van der Waals surface area contributed by atoms with Crippen molar-refractivity contribution in [1.82, 2.24) is 9.55 Å². The zero-order chi connectivity index (χ0) is 12.7. The van der Waals surface area contributed by atoms with Crippen molar-refractivity contribution < 1.29 is 4.79 Å². The van der Waals surface area contributed by atoms with Crippen LogP contribution in [0.4, 0.5) is 0 Å². The minimum absolute atomic E-state index is 0.381. The van der Waals surface area contributed by atoms with Crippen LogP contribution in [0.3, 0.4) is 0 Å². The molecule has 0 aliphatic rings. The molecule has 0 saturated carbocycles. The van der Waals surface area contributed by atoms with Crippen molar-refractivity contribution in [3.05, 3.63) is 47.1 Å². The average Bonchev–Trinajstić information content (AvgIpc) is 2.92. The number of hydrogen-bond acceptors (Lipinski definition) is 3. The molecule has 18 heavy (non-hydrogen) atoms. The Morgan fingerprint density at radius 2 is 2.17 bits per heavy atom. The molecule has 0 unspecified atom stereocenters. The predicted octanol–water partition coefficient (Wildman–Crippen LogP) is 2.49. The number of benzene rings is 1. The lowest BCUT2D eigenvalue weighted by Gasteiger charge is -1.98. The van der Waals surface area contributed by atoms with Gasteiger partial charge in [-0.05, 0) is 30.7 Å². The van der Waals surface area contributed by atoms with E-state index in [1.807, 2.05) is 41.8 Å². The third kappa shape index (κ3) is 1.60. The van der Waals surface area contributed by atoms with Gasteiger partial charge in [0.2, 0.25) is 0 Å². The Hall–Kier alpha value is -2.14. The molecule has 1 amide bonds. The highest BCUT2D eigenvalue weighted by Gasteiger charge is 2.13. The molecule has 1 aromatic carbocycles. The highest BCUT2D eigenvalue weighted by Crippen LogP contribution is 2.27. The van der Waals surface area contributed by atoms with E-state index in [-0.39, 0.29) is 5.91 Å². The van der Waals surface area contributed by atoms with Crippen molar-refractivity contribution in [1.29, 1.82) is 0 Å². The number of aryl methyl sites for hydroxylation is 1. The van der Waals surface area contributed by atoms with Crippen LogP contribution in [-0.2, 0) is 0 Å². The van der Waals surface area contributed by atoms with Crippen LogP contribution in [0.1, 0.15) is 15.2 Å². The maximum absolute atomic E-state index is 11.3. The minimum Gasteiger partial charge on any atom is -0.365 e. The lowest BCUT2D eigenvalue weighted by Crippen LogP contribution is -2.09. The Labute approximate surface area is 108 Å². The van der Waals surface area contributed by atoms with Crippen LogP contribution < -0.4 is 5.73 Å². The zero-order valence-electron chi connectivity index (χ0n) is 9.75. The molecule has 0 atom stereocenters. The van der Waals surface area contributed by atoms with E-state index in [0.29, 0.717) is 4.88 Å². The lowest BCUT2D eigenvalue weighted by molar-refractivity contribution is 0.100. The van der Waals surface area contributed by atoms with Gasteiger partial charge in [0.15, 0.2) is 0 Å². The number of fused-ring (bicyclic) bond motifs is 1. The minimum atomic E-state index is -0.381. The van der Waals surface area contributed by atoms with Crippen molar-refractivity contribution in [2.24, 2.45) is 5.73 Å². The molecule has 2 heterocycles. The number of nitrogens with zero attached hydrogens (tertiary/aromatic N) is 2. The number of carbonyl (C=O) groups excluding carboxylic acids is 1. The number of imidazole rings is 1. The molecule has 4 nitrogen and oxygen atoms in total. The predicted molar refractivity (Wildman–Crippen MR) is 72.2 cm³/mol. The van der Waals surface area contributed by atoms with Gasteiger partial charge in [-0.15, -0.1) is 11.3 Å². The summed E-state index contributed by atoms with van der Waals surface area (Å²) < 4.78 is 1.97. The Morgan fingerprint density at radius 3 is 2.89 bits per heavy atom. The number of amides is 1. The van der Waals surface area contributed by atoms with Crippen LogP contribution in [0.15, 0.2) is 36.7 Å². The summed E-state index contributed by atoms with van der Waals surface area (Å²) in [5.74, 6) is -0.381. The van der Waals surface area contributed by atoms with E-state index in [9.17, 15) is 4.79 Å². The monoisotopic (exact) mass is 257 g/mol. The second-order valence-corrected chi connectivity index (χ2v) is 5.09. The number of hydrogen-bond donors (Lipinski definition) is 1. The Morgan fingerprint density at radius 1 is 1.39 bits per heavy atom. The molecule has 0 aliphatic carbocycles. The number of para-hydroxylation sites is 2. The number of nitrogens with two attached hydrogens (primary N) is 1. The molecule has 0 fully saturated rings. The van der Waals surface area contributed by atoms with Crippen molar-refractivity contribution in [2.45, 2.75) is 6.92 Å². The fourth-order valence-electron chi connectivity index (χ4n) is 1.96. The molecule has 0 aliphatic heterocycles. The maximum Gasteiger partial charge on any atom is 0.259 e. The van der Waals surface area contributed by atoms with Gasteiger partial charge in [0.25, 0.3) is 5.91 Å². The molecule has 5 heteroatoms. The molecule has 0 radical (unpaired) electrons. The van der Waals surface area contributed by atoms with E-state index in [2.05, 4.69) is 4.98 Å². The van der Waals surface area contributed by atoms with Crippen LogP contribution in [0.5, 0.6) is 0 Å². The van der Waals surface area contributed by atoms with E-state index in [4.69, 9.17) is 5.73 Å². The summed E-state index contributed by atoms with van der Waals surface area (Å²) in [5.41, 5.74) is 8.20. The van der Waals surface area contributed by atoms with Gasteiger partial charge >= 0.3 is 0 Å². The summed E-state index contributed by atoms with van der Waals surface area (Å²) in [6.45, 7) is 1.89.